The average Bonchev–Trinajstić information content (AvgIpc) is 2.04. The van der Waals surface area contributed by atoms with E-state index in [9.17, 15) is 9.90 Å². The number of aromatic hydroxyl groups is 1. The molecule has 0 heterocycles. The Morgan fingerprint density at radius 2 is 2.23 bits per heavy atom. The van der Waals surface area contributed by atoms with Crippen LogP contribution in [0.2, 0.25) is 0 Å². The molecular weight excluding hydrogens is 369 g/mol. The number of carboxylic acids is 1. The van der Waals surface area contributed by atoms with Crippen molar-refractivity contribution >= 4 is 33.2 Å². The fourth-order valence-electron chi connectivity index (χ4n) is 0.840. The first-order valence-corrected chi connectivity index (χ1v) is 6.30. The van der Waals surface area contributed by atoms with E-state index in [1.807, 2.05) is 0 Å². The van der Waals surface area contributed by atoms with E-state index in [1.165, 1.54) is 12.1 Å². The van der Waals surface area contributed by atoms with Gasteiger partial charge < -0.3 is 0 Å². The molecule has 0 bridgehead atoms. The maximum absolute atomic E-state index is 10.5. The van der Waals surface area contributed by atoms with Crippen molar-refractivity contribution in [1.82, 2.24) is 0 Å². The van der Waals surface area contributed by atoms with Crippen molar-refractivity contribution < 1.29 is 17.8 Å². The number of carbonyl (C=O) groups is 1. The Kier molecular flexibility index (Phi) is 3.65. The van der Waals surface area contributed by atoms with Crippen molar-refractivity contribution in [3.63, 3.8) is 0 Å². The molecule has 70 valence electrons. The Morgan fingerprint density at radius 3 is 2.69 bits per heavy atom. The van der Waals surface area contributed by atoms with Gasteiger partial charge in [-0.1, -0.05) is 0 Å². The van der Waals surface area contributed by atoms with Crippen LogP contribution in [0.15, 0.2) is 18.2 Å². The summed E-state index contributed by atoms with van der Waals surface area (Å²) in [5, 5.41) is 17.9. The van der Waals surface area contributed by atoms with Gasteiger partial charge in [-0.3, -0.25) is 0 Å². The van der Waals surface area contributed by atoms with E-state index in [1.54, 1.807) is 13.2 Å². The van der Waals surface area contributed by atoms with E-state index in [2.05, 4.69) is 0 Å². The summed E-state index contributed by atoms with van der Waals surface area (Å²) in [6.45, 7) is 0. The van der Waals surface area contributed by atoms with Crippen molar-refractivity contribution in [3.05, 3.63) is 23.8 Å². The van der Waals surface area contributed by atoms with E-state index in [0.29, 0.717) is 0 Å². The van der Waals surface area contributed by atoms with Gasteiger partial charge in [-0.15, -0.1) is 0 Å². The molecule has 0 aliphatic rings. The second-order valence-electron chi connectivity index (χ2n) is 2.23. The van der Waals surface area contributed by atoms with Gasteiger partial charge in [-0.2, -0.15) is 0 Å². The third-order valence-electron chi connectivity index (χ3n) is 1.38. The van der Waals surface area contributed by atoms with Crippen molar-refractivity contribution in [1.29, 1.82) is 0 Å². The second-order valence-corrected chi connectivity index (χ2v) is 6.01. The Labute approximate surface area is 87.6 Å². The number of aromatic carboxylic acids is 1. The number of hydrogen-bond acceptors (Lipinski definition) is 3. The summed E-state index contributed by atoms with van der Waals surface area (Å²) in [7, 11) is 1.60. The summed E-state index contributed by atoms with van der Waals surface area (Å²) in [4.78, 5) is 10.5. The van der Waals surface area contributed by atoms with Gasteiger partial charge in [0.05, 0.1) is 0 Å². The first kappa shape index (κ1) is 10.4. The Morgan fingerprint density at radius 1 is 1.54 bits per heavy atom. The quantitative estimate of drug-likeness (QED) is 0.778. The number of rotatable bonds is 3. The minimum absolute atomic E-state index is 0.0707. The zero-order valence-electron chi connectivity index (χ0n) is 6.85. The monoisotopic (exact) mass is 377 g/mol. The first-order chi connectivity index (χ1) is 6.15. The van der Waals surface area contributed by atoms with E-state index < -0.39 is 30.0 Å². The molecule has 0 radical (unpaired) electrons. The van der Waals surface area contributed by atoms with E-state index in [0.717, 1.165) is 3.22 Å². The zero-order valence-corrected chi connectivity index (χ0v) is 10.0. The van der Waals surface area contributed by atoms with Gasteiger partial charge >= 0.3 is 87.6 Å². The number of phenols is 1. The second kappa shape index (κ2) is 4.55. The Hall–Kier alpha value is -0.654. The van der Waals surface area contributed by atoms with Crippen LogP contribution >= 0.6 is 0 Å². The van der Waals surface area contributed by atoms with Crippen LogP contribution in [0, 0.1) is 0 Å². The van der Waals surface area contributed by atoms with Crippen LogP contribution in [0.1, 0.15) is 10.4 Å². The van der Waals surface area contributed by atoms with Crippen LogP contribution in [-0.4, -0.2) is 47.3 Å². The Bertz CT molecular complexity index is 324. The van der Waals surface area contributed by atoms with E-state index >= 15 is 0 Å². The molecular formula is C8H8O4Po. The van der Waals surface area contributed by atoms with Crippen LogP contribution in [-0.2, 0) is 2.77 Å². The molecule has 0 amide bonds. The topological polar surface area (TPSA) is 66.8 Å². The molecule has 0 unspecified atom stereocenters. The number of carboxylic acid groups (broad SMARTS) is 1. The summed E-state index contributed by atoms with van der Waals surface area (Å²) in [6, 6.07) is 4.53. The molecule has 0 atom stereocenters. The summed E-state index contributed by atoms with van der Waals surface area (Å²) < 4.78 is 5.90. The molecule has 4 nitrogen and oxygen atoms in total. The number of benzene rings is 1. The summed E-state index contributed by atoms with van der Waals surface area (Å²) in [6.07, 6.45) is 0. The molecule has 0 spiro atoms. The van der Waals surface area contributed by atoms with Crippen LogP contribution < -0.4 is 3.22 Å². The standard InChI is InChI=1S/C7H5O3.CH3O.Po/c8-6-4-2-1-3-5(6)7(9)10;1-2;/h1,3-4,8H,(H,9,10);1H3;/q;-1;+1. The third-order valence-corrected chi connectivity index (χ3v) is 3.76. The zero-order chi connectivity index (χ0) is 9.84. The van der Waals surface area contributed by atoms with Crippen molar-refractivity contribution in [2.75, 3.05) is 7.11 Å². The number of hydrogen-bond donors (Lipinski definition) is 2. The summed E-state index contributed by atoms with van der Waals surface area (Å²) >= 11 is -1.05. The molecule has 5 heteroatoms. The van der Waals surface area contributed by atoms with Gasteiger partial charge in [0.25, 0.3) is 0 Å². The van der Waals surface area contributed by atoms with Crippen molar-refractivity contribution in [2.24, 2.45) is 0 Å². The molecule has 0 aliphatic heterocycles. The van der Waals surface area contributed by atoms with Gasteiger partial charge in [0, 0.05) is 0 Å². The predicted octanol–water partition coefficient (Wildman–Crippen LogP) is -0.0187. The average molecular weight is 377 g/mol. The normalized spacial score (nSPS) is 9.92. The molecule has 0 saturated carbocycles. The van der Waals surface area contributed by atoms with Crippen LogP contribution in [0.4, 0.5) is 0 Å². The predicted molar refractivity (Wildman–Crippen MR) is 47.5 cm³/mol. The Balaban J connectivity index is 2.98. The van der Waals surface area contributed by atoms with E-state index in [4.69, 9.17) is 7.88 Å². The maximum atomic E-state index is 10.5. The summed E-state index contributed by atoms with van der Waals surface area (Å²) in [5.74, 6) is -1.31. The molecule has 1 aromatic rings. The molecule has 0 fully saturated rings. The SMILES string of the molecule is C[O][Po][c]1ccc(C(=O)O)c(O)c1. The molecule has 1 aromatic carbocycles. The van der Waals surface area contributed by atoms with Crippen LogP contribution in [0.3, 0.4) is 0 Å². The van der Waals surface area contributed by atoms with Crippen LogP contribution in [0.5, 0.6) is 5.75 Å². The summed E-state index contributed by atoms with van der Waals surface area (Å²) in [5.41, 5.74) is -0.0707. The van der Waals surface area contributed by atoms with Gasteiger partial charge in [0.15, 0.2) is 0 Å². The molecule has 0 aliphatic carbocycles. The molecule has 13 heavy (non-hydrogen) atoms. The van der Waals surface area contributed by atoms with Gasteiger partial charge in [-0.25, -0.2) is 0 Å². The van der Waals surface area contributed by atoms with E-state index in [-0.39, 0.29) is 11.3 Å². The molecule has 0 aromatic heterocycles. The first-order valence-electron chi connectivity index (χ1n) is 3.42. The van der Waals surface area contributed by atoms with Crippen molar-refractivity contribution in [2.45, 2.75) is 0 Å². The minimum atomic E-state index is -1.12. The van der Waals surface area contributed by atoms with Gasteiger partial charge in [0.2, 0.25) is 0 Å². The fourth-order valence-corrected chi connectivity index (χ4v) is 2.69. The molecule has 2 N–H and O–H groups in total. The molecule has 0 saturated heterocycles. The fraction of sp³-hybridized carbons (Fsp3) is 0.125. The third kappa shape index (κ3) is 2.65. The van der Waals surface area contributed by atoms with Gasteiger partial charge in [-0.05, 0) is 0 Å². The van der Waals surface area contributed by atoms with Crippen molar-refractivity contribution in [3.8, 4) is 5.75 Å². The molecule has 1 rings (SSSR count). The van der Waals surface area contributed by atoms with Gasteiger partial charge in [0.1, 0.15) is 0 Å². The van der Waals surface area contributed by atoms with Crippen LogP contribution in [0.25, 0.3) is 0 Å².